The number of aromatic nitrogens is 1. The van der Waals surface area contributed by atoms with Gasteiger partial charge < -0.3 is 15.0 Å². The Bertz CT molecular complexity index is 1120. The van der Waals surface area contributed by atoms with Gasteiger partial charge in [-0.15, -0.1) is 0 Å². The number of ether oxygens (including phenoxy) is 1. The van der Waals surface area contributed by atoms with Crippen LogP contribution in [0.25, 0.3) is 0 Å². The van der Waals surface area contributed by atoms with Crippen molar-refractivity contribution in [1.29, 1.82) is 0 Å². The maximum absolute atomic E-state index is 13.2. The SMILES string of the molecule is CC(Oc1ccccc1)C(=O)Nc1ccc2c(c1)Sc1ncccc1C(=O)N2C(C)C. The summed E-state index contributed by atoms with van der Waals surface area (Å²) in [4.78, 5) is 32.8. The van der Waals surface area contributed by atoms with Crippen LogP contribution >= 0.6 is 11.8 Å². The van der Waals surface area contributed by atoms with Crippen molar-refractivity contribution < 1.29 is 14.3 Å². The molecule has 1 N–H and O–H groups in total. The molecule has 4 rings (SSSR count). The highest BCUT2D eigenvalue weighted by Crippen LogP contribution is 2.42. The van der Waals surface area contributed by atoms with Gasteiger partial charge in [0.05, 0.1) is 11.3 Å². The molecule has 0 saturated heterocycles. The fourth-order valence-corrected chi connectivity index (χ4v) is 4.41. The summed E-state index contributed by atoms with van der Waals surface area (Å²) in [5.74, 6) is 0.306. The van der Waals surface area contributed by atoms with E-state index in [2.05, 4.69) is 10.3 Å². The lowest BCUT2D eigenvalue weighted by Gasteiger charge is -2.27. The number of anilines is 2. The Hall–Kier alpha value is -3.32. The van der Waals surface area contributed by atoms with E-state index >= 15 is 0 Å². The molecule has 1 atom stereocenters. The van der Waals surface area contributed by atoms with Gasteiger partial charge >= 0.3 is 0 Å². The van der Waals surface area contributed by atoms with E-state index in [1.807, 2.05) is 56.3 Å². The minimum atomic E-state index is -0.662. The summed E-state index contributed by atoms with van der Waals surface area (Å²) in [5, 5.41) is 3.56. The first kappa shape index (κ1) is 20.9. The molecule has 1 unspecified atom stereocenters. The third-order valence-corrected chi connectivity index (χ3v) is 5.92. The molecule has 3 aromatic rings. The van der Waals surface area contributed by atoms with Crippen molar-refractivity contribution in [3.63, 3.8) is 0 Å². The highest BCUT2D eigenvalue weighted by Gasteiger charge is 2.30. The van der Waals surface area contributed by atoms with E-state index in [-0.39, 0.29) is 17.9 Å². The maximum atomic E-state index is 13.2. The summed E-state index contributed by atoms with van der Waals surface area (Å²) in [6, 6.07) is 18.3. The van der Waals surface area contributed by atoms with Gasteiger partial charge in [0.15, 0.2) is 6.10 Å². The van der Waals surface area contributed by atoms with E-state index < -0.39 is 6.10 Å². The third kappa shape index (κ3) is 4.41. The summed E-state index contributed by atoms with van der Waals surface area (Å²) in [6.07, 6.45) is 1.02. The zero-order chi connectivity index (χ0) is 22.0. The fourth-order valence-electron chi connectivity index (χ4n) is 3.36. The summed E-state index contributed by atoms with van der Waals surface area (Å²) >= 11 is 1.42. The smallest absolute Gasteiger partial charge is 0.265 e. The number of carbonyl (C=O) groups excluding carboxylic acids is 2. The standard InChI is InChI=1S/C24H23N3O3S/c1-15(2)27-20-12-11-17(26-22(28)16(3)30-18-8-5-4-6-9-18)14-21(20)31-23-19(24(27)29)10-7-13-25-23/h4-16H,1-3H3,(H,26,28). The number of amides is 2. The number of nitrogens with one attached hydrogen (secondary N) is 1. The van der Waals surface area contributed by atoms with Gasteiger partial charge in [-0.25, -0.2) is 4.98 Å². The molecule has 6 nitrogen and oxygen atoms in total. The second-order valence-corrected chi connectivity index (χ2v) is 8.50. The second-order valence-electron chi connectivity index (χ2n) is 7.47. The number of para-hydroxylation sites is 1. The fraction of sp³-hybridized carbons (Fsp3) is 0.208. The molecular formula is C24H23N3O3S. The van der Waals surface area contributed by atoms with Crippen LogP contribution in [0.2, 0.25) is 0 Å². The average molecular weight is 434 g/mol. The second kappa shape index (κ2) is 8.81. The highest BCUT2D eigenvalue weighted by molar-refractivity contribution is 7.99. The van der Waals surface area contributed by atoms with Crippen LogP contribution < -0.4 is 15.0 Å². The molecule has 2 heterocycles. The lowest BCUT2D eigenvalue weighted by molar-refractivity contribution is -0.122. The average Bonchev–Trinajstić information content (AvgIpc) is 2.88. The van der Waals surface area contributed by atoms with Gasteiger partial charge in [0.2, 0.25) is 0 Å². The lowest BCUT2D eigenvalue weighted by atomic mass is 10.1. The first-order chi connectivity index (χ1) is 14.9. The molecule has 0 saturated carbocycles. The van der Waals surface area contributed by atoms with E-state index in [0.29, 0.717) is 22.0 Å². The molecule has 1 aliphatic rings. The molecule has 1 aliphatic heterocycles. The highest BCUT2D eigenvalue weighted by atomic mass is 32.2. The van der Waals surface area contributed by atoms with Gasteiger partial charge in [0, 0.05) is 22.8 Å². The van der Waals surface area contributed by atoms with E-state index in [4.69, 9.17) is 4.74 Å². The van der Waals surface area contributed by atoms with Gasteiger partial charge in [-0.1, -0.05) is 30.0 Å². The van der Waals surface area contributed by atoms with Crippen LogP contribution in [0, 0.1) is 0 Å². The molecule has 1 aromatic heterocycles. The first-order valence-corrected chi connectivity index (χ1v) is 10.9. The lowest BCUT2D eigenvalue weighted by Crippen LogP contribution is -2.37. The van der Waals surface area contributed by atoms with Crippen molar-refractivity contribution in [2.24, 2.45) is 0 Å². The number of benzene rings is 2. The number of hydrogen-bond acceptors (Lipinski definition) is 5. The van der Waals surface area contributed by atoms with Crippen LogP contribution in [0.1, 0.15) is 31.1 Å². The minimum absolute atomic E-state index is 0.0299. The van der Waals surface area contributed by atoms with E-state index in [1.165, 1.54) is 11.8 Å². The van der Waals surface area contributed by atoms with E-state index in [9.17, 15) is 9.59 Å². The molecule has 31 heavy (non-hydrogen) atoms. The predicted molar refractivity (Wildman–Crippen MR) is 122 cm³/mol. The number of pyridine rings is 1. The first-order valence-electron chi connectivity index (χ1n) is 10.1. The molecule has 0 fully saturated rings. The zero-order valence-electron chi connectivity index (χ0n) is 17.5. The van der Waals surface area contributed by atoms with Crippen LogP contribution in [0.5, 0.6) is 5.75 Å². The number of hydrogen-bond donors (Lipinski definition) is 1. The van der Waals surface area contributed by atoms with Gasteiger partial charge in [-0.2, -0.15) is 0 Å². The quantitative estimate of drug-likeness (QED) is 0.613. The van der Waals surface area contributed by atoms with Crippen LogP contribution in [-0.2, 0) is 4.79 Å². The summed E-state index contributed by atoms with van der Waals surface area (Å²) in [5.41, 5.74) is 2.01. The Morgan fingerprint density at radius 1 is 1.06 bits per heavy atom. The van der Waals surface area contributed by atoms with Crippen LogP contribution in [0.15, 0.2) is 76.8 Å². The monoisotopic (exact) mass is 433 g/mol. The Morgan fingerprint density at radius 3 is 2.58 bits per heavy atom. The van der Waals surface area contributed by atoms with Gasteiger partial charge in [0.1, 0.15) is 10.8 Å². The third-order valence-electron chi connectivity index (χ3n) is 4.86. The number of fused-ring (bicyclic) bond motifs is 2. The van der Waals surface area contributed by atoms with Gasteiger partial charge in [0.25, 0.3) is 11.8 Å². The summed E-state index contributed by atoms with van der Waals surface area (Å²) in [6.45, 7) is 5.66. The van der Waals surface area contributed by atoms with Crippen molar-refractivity contribution >= 4 is 35.0 Å². The van der Waals surface area contributed by atoms with Crippen molar-refractivity contribution in [3.8, 4) is 5.75 Å². The van der Waals surface area contributed by atoms with Crippen LogP contribution in [-0.4, -0.2) is 28.9 Å². The molecule has 0 bridgehead atoms. The molecule has 2 aromatic carbocycles. The normalized spacial score (nSPS) is 13.8. The molecule has 2 amide bonds. The molecular weight excluding hydrogens is 410 g/mol. The minimum Gasteiger partial charge on any atom is -0.481 e. The van der Waals surface area contributed by atoms with Crippen molar-refractivity contribution in [2.45, 2.75) is 42.8 Å². The summed E-state index contributed by atoms with van der Waals surface area (Å²) < 4.78 is 5.71. The number of nitrogens with zero attached hydrogens (tertiary/aromatic N) is 2. The predicted octanol–water partition coefficient (Wildman–Crippen LogP) is 5.01. The largest absolute Gasteiger partial charge is 0.481 e. The zero-order valence-corrected chi connectivity index (χ0v) is 18.3. The van der Waals surface area contributed by atoms with Crippen LogP contribution in [0.3, 0.4) is 0 Å². The molecule has 158 valence electrons. The Balaban J connectivity index is 1.60. The van der Waals surface area contributed by atoms with Crippen molar-refractivity contribution in [2.75, 3.05) is 10.2 Å². The molecule has 7 heteroatoms. The molecule has 0 aliphatic carbocycles. The Kier molecular flexibility index (Phi) is 5.95. The number of rotatable bonds is 5. The molecule has 0 spiro atoms. The molecule has 0 radical (unpaired) electrons. The van der Waals surface area contributed by atoms with Crippen LogP contribution in [0.4, 0.5) is 11.4 Å². The number of carbonyl (C=O) groups is 2. The topological polar surface area (TPSA) is 71.5 Å². The Morgan fingerprint density at radius 2 is 1.84 bits per heavy atom. The van der Waals surface area contributed by atoms with Gasteiger partial charge in [-0.3, -0.25) is 9.59 Å². The Labute approximate surface area is 185 Å². The van der Waals surface area contributed by atoms with Crippen molar-refractivity contribution in [1.82, 2.24) is 4.98 Å². The van der Waals surface area contributed by atoms with Crippen molar-refractivity contribution in [3.05, 3.63) is 72.4 Å². The summed E-state index contributed by atoms with van der Waals surface area (Å²) in [7, 11) is 0. The van der Waals surface area contributed by atoms with E-state index in [0.717, 1.165) is 10.6 Å². The van der Waals surface area contributed by atoms with Gasteiger partial charge in [-0.05, 0) is 63.2 Å². The van der Waals surface area contributed by atoms with E-state index in [1.54, 1.807) is 36.2 Å². The maximum Gasteiger partial charge on any atom is 0.265 e.